The molecule has 0 unspecified atom stereocenters. The van der Waals surface area contributed by atoms with E-state index in [4.69, 9.17) is 10.5 Å². The molecule has 0 atom stereocenters. The summed E-state index contributed by atoms with van der Waals surface area (Å²) in [7, 11) is 0. The summed E-state index contributed by atoms with van der Waals surface area (Å²) < 4.78 is 5.77. The van der Waals surface area contributed by atoms with Gasteiger partial charge in [0.1, 0.15) is 0 Å². The Hall–Kier alpha value is -1.14. The van der Waals surface area contributed by atoms with E-state index in [0.717, 1.165) is 32.2 Å². The SMILES string of the molecule is CCCC(=O)NCCCCCNC(=O)CC(C)(C)COCC(C)(C)CN. The van der Waals surface area contributed by atoms with Crippen molar-refractivity contribution < 1.29 is 14.3 Å². The Bertz CT molecular complexity index is 409. The standard InChI is InChI=1S/C20H41N3O3/c1-6-10-17(24)22-11-8-7-9-12-23-18(25)13-19(2,3)15-26-16-20(4,5)14-21/h6-16,21H2,1-5H3,(H,22,24)(H,23,25). The number of nitrogens with one attached hydrogen (secondary N) is 2. The van der Waals surface area contributed by atoms with Crippen molar-refractivity contribution >= 4 is 11.8 Å². The highest BCUT2D eigenvalue weighted by Crippen LogP contribution is 2.22. The quantitative estimate of drug-likeness (QED) is 0.386. The third-order valence-corrected chi connectivity index (χ3v) is 4.15. The molecule has 0 saturated carbocycles. The van der Waals surface area contributed by atoms with E-state index in [1.165, 1.54) is 0 Å². The van der Waals surface area contributed by atoms with Crippen molar-refractivity contribution in [1.82, 2.24) is 10.6 Å². The summed E-state index contributed by atoms with van der Waals surface area (Å²) in [5, 5.41) is 5.88. The minimum atomic E-state index is -0.196. The minimum absolute atomic E-state index is 0.0334. The Morgan fingerprint density at radius 1 is 0.885 bits per heavy atom. The number of carbonyl (C=O) groups excluding carboxylic acids is 2. The van der Waals surface area contributed by atoms with Crippen molar-refractivity contribution in [2.45, 2.75) is 73.1 Å². The summed E-state index contributed by atoms with van der Waals surface area (Å²) in [4.78, 5) is 23.4. The molecule has 0 aliphatic rings. The molecule has 0 aromatic carbocycles. The number of hydrogen-bond donors (Lipinski definition) is 3. The van der Waals surface area contributed by atoms with Crippen LogP contribution in [0.25, 0.3) is 0 Å². The van der Waals surface area contributed by atoms with Crippen molar-refractivity contribution in [3.63, 3.8) is 0 Å². The number of nitrogens with two attached hydrogens (primary N) is 1. The molecule has 0 aliphatic carbocycles. The van der Waals surface area contributed by atoms with Gasteiger partial charge in [-0.25, -0.2) is 0 Å². The second-order valence-electron chi connectivity index (χ2n) is 8.71. The second kappa shape index (κ2) is 13.1. The first-order chi connectivity index (χ1) is 12.1. The number of rotatable bonds is 15. The van der Waals surface area contributed by atoms with Gasteiger partial charge in [-0.3, -0.25) is 9.59 Å². The van der Waals surface area contributed by atoms with Crippen LogP contribution in [0.1, 0.15) is 73.1 Å². The van der Waals surface area contributed by atoms with Crippen LogP contribution < -0.4 is 16.4 Å². The van der Waals surface area contributed by atoms with E-state index in [1.54, 1.807) is 0 Å². The zero-order valence-corrected chi connectivity index (χ0v) is 17.6. The topological polar surface area (TPSA) is 93.5 Å². The number of amides is 2. The first-order valence-corrected chi connectivity index (χ1v) is 9.93. The molecule has 0 heterocycles. The van der Waals surface area contributed by atoms with Crippen LogP contribution in [0.3, 0.4) is 0 Å². The van der Waals surface area contributed by atoms with Crippen molar-refractivity contribution in [1.29, 1.82) is 0 Å². The van der Waals surface area contributed by atoms with E-state index in [-0.39, 0.29) is 22.6 Å². The Morgan fingerprint density at radius 2 is 1.42 bits per heavy atom. The predicted molar refractivity (Wildman–Crippen MR) is 107 cm³/mol. The molecule has 26 heavy (non-hydrogen) atoms. The van der Waals surface area contributed by atoms with Crippen LogP contribution >= 0.6 is 0 Å². The maximum absolute atomic E-state index is 12.1. The van der Waals surface area contributed by atoms with Gasteiger partial charge in [0.25, 0.3) is 0 Å². The summed E-state index contributed by atoms with van der Waals surface area (Å²) in [5.41, 5.74) is 5.47. The van der Waals surface area contributed by atoms with Gasteiger partial charge < -0.3 is 21.1 Å². The molecule has 0 fully saturated rings. The molecule has 4 N–H and O–H groups in total. The van der Waals surface area contributed by atoms with E-state index < -0.39 is 0 Å². The van der Waals surface area contributed by atoms with Crippen LogP contribution in [-0.2, 0) is 14.3 Å². The number of ether oxygens (including phenoxy) is 1. The third kappa shape index (κ3) is 14.1. The highest BCUT2D eigenvalue weighted by Gasteiger charge is 2.24. The van der Waals surface area contributed by atoms with Gasteiger partial charge in [0.15, 0.2) is 0 Å². The van der Waals surface area contributed by atoms with Gasteiger partial charge in [-0.2, -0.15) is 0 Å². The molecule has 2 amide bonds. The summed E-state index contributed by atoms with van der Waals surface area (Å²) in [5.74, 6) is 0.188. The number of carbonyl (C=O) groups is 2. The van der Waals surface area contributed by atoms with Crippen LogP contribution in [0.5, 0.6) is 0 Å². The van der Waals surface area contributed by atoms with Gasteiger partial charge in [0.2, 0.25) is 11.8 Å². The average molecular weight is 372 g/mol. The summed E-state index contributed by atoms with van der Waals surface area (Å²) >= 11 is 0. The van der Waals surface area contributed by atoms with Gasteiger partial charge in [0, 0.05) is 31.3 Å². The van der Waals surface area contributed by atoms with Crippen molar-refractivity contribution in [3.8, 4) is 0 Å². The second-order valence-corrected chi connectivity index (χ2v) is 8.71. The predicted octanol–water partition coefficient (Wildman–Crippen LogP) is 2.61. The molecule has 0 saturated heterocycles. The molecule has 0 aromatic rings. The first kappa shape index (κ1) is 24.9. The minimum Gasteiger partial charge on any atom is -0.380 e. The van der Waals surface area contributed by atoms with Crippen LogP contribution in [0.15, 0.2) is 0 Å². The van der Waals surface area contributed by atoms with Gasteiger partial charge in [0.05, 0.1) is 13.2 Å². The lowest BCUT2D eigenvalue weighted by Crippen LogP contribution is -2.34. The fourth-order valence-corrected chi connectivity index (χ4v) is 2.41. The number of unbranched alkanes of at least 4 members (excludes halogenated alkanes) is 2. The van der Waals surface area contributed by atoms with Gasteiger partial charge >= 0.3 is 0 Å². The monoisotopic (exact) mass is 371 g/mol. The zero-order chi connectivity index (χ0) is 20.1. The van der Waals surface area contributed by atoms with E-state index in [2.05, 4.69) is 24.5 Å². The summed E-state index contributed by atoms with van der Waals surface area (Å²) in [6.45, 7) is 13.3. The molecule has 0 radical (unpaired) electrons. The first-order valence-electron chi connectivity index (χ1n) is 9.93. The van der Waals surface area contributed by atoms with Crippen LogP contribution in [0, 0.1) is 10.8 Å². The maximum Gasteiger partial charge on any atom is 0.220 e. The molecule has 0 bridgehead atoms. The Morgan fingerprint density at radius 3 is 1.96 bits per heavy atom. The summed E-state index contributed by atoms with van der Waals surface area (Å²) in [6.07, 6.45) is 4.79. The zero-order valence-electron chi connectivity index (χ0n) is 17.6. The lowest BCUT2D eigenvalue weighted by Gasteiger charge is -2.28. The third-order valence-electron chi connectivity index (χ3n) is 4.15. The molecular formula is C20H41N3O3. The van der Waals surface area contributed by atoms with Crippen molar-refractivity contribution in [2.24, 2.45) is 16.6 Å². The normalized spacial score (nSPS) is 12.1. The van der Waals surface area contributed by atoms with E-state index in [9.17, 15) is 9.59 Å². The largest absolute Gasteiger partial charge is 0.380 e. The molecule has 6 nitrogen and oxygen atoms in total. The van der Waals surface area contributed by atoms with Crippen molar-refractivity contribution in [2.75, 3.05) is 32.8 Å². The maximum atomic E-state index is 12.1. The highest BCUT2D eigenvalue weighted by molar-refractivity contribution is 5.76. The van der Waals surface area contributed by atoms with Gasteiger partial charge in [-0.1, -0.05) is 34.6 Å². The molecule has 0 rings (SSSR count). The Labute approximate surface area is 160 Å². The lowest BCUT2D eigenvalue weighted by atomic mass is 9.89. The van der Waals surface area contributed by atoms with Crippen molar-refractivity contribution in [3.05, 3.63) is 0 Å². The van der Waals surface area contributed by atoms with Crippen LogP contribution in [-0.4, -0.2) is 44.7 Å². The highest BCUT2D eigenvalue weighted by atomic mass is 16.5. The molecule has 6 heteroatoms. The molecule has 154 valence electrons. The van der Waals surface area contributed by atoms with E-state index >= 15 is 0 Å². The van der Waals surface area contributed by atoms with Gasteiger partial charge in [-0.15, -0.1) is 0 Å². The molecular weight excluding hydrogens is 330 g/mol. The smallest absolute Gasteiger partial charge is 0.220 e. The fraction of sp³-hybridized carbons (Fsp3) is 0.900. The molecule has 0 spiro atoms. The summed E-state index contributed by atoms with van der Waals surface area (Å²) in [6, 6.07) is 0. The fourth-order valence-electron chi connectivity index (χ4n) is 2.41. The molecule has 0 aliphatic heterocycles. The number of hydrogen-bond acceptors (Lipinski definition) is 4. The van der Waals surface area contributed by atoms with Gasteiger partial charge in [-0.05, 0) is 37.6 Å². The Balaban J connectivity index is 3.75. The van der Waals surface area contributed by atoms with Crippen LogP contribution in [0.4, 0.5) is 0 Å². The average Bonchev–Trinajstić information content (AvgIpc) is 2.53. The van der Waals surface area contributed by atoms with E-state index in [0.29, 0.717) is 39.1 Å². The Kier molecular flexibility index (Phi) is 12.5. The van der Waals surface area contributed by atoms with Crippen LogP contribution in [0.2, 0.25) is 0 Å². The lowest BCUT2D eigenvalue weighted by molar-refractivity contribution is -0.124. The van der Waals surface area contributed by atoms with E-state index in [1.807, 2.05) is 20.8 Å². The molecule has 0 aromatic heterocycles.